The van der Waals surface area contributed by atoms with Crippen LogP contribution in [-0.2, 0) is 27.1 Å². The predicted octanol–water partition coefficient (Wildman–Crippen LogP) is 19.0. The number of benzene rings is 6. The second-order valence-electron chi connectivity index (χ2n) is 26.7. The third kappa shape index (κ3) is 7.37. The zero-order valence-electron chi connectivity index (χ0n) is 44.4. The maximum Gasteiger partial charge on any atom is 0.0502 e. The Morgan fingerprint density at radius 1 is 0.493 bits per heavy atom. The Bertz CT molecular complexity index is 3080. The first-order chi connectivity index (χ1) is 32.4. The summed E-state index contributed by atoms with van der Waals surface area (Å²) in [4.78, 5) is 2.72. The molecule has 1 heteroatoms. The summed E-state index contributed by atoms with van der Waals surface area (Å²) in [7, 11) is 0. The van der Waals surface area contributed by atoms with E-state index < -0.39 is 0 Å². The van der Waals surface area contributed by atoms with Crippen LogP contribution in [0.1, 0.15) is 185 Å². The summed E-state index contributed by atoms with van der Waals surface area (Å²) in [6.45, 7) is 33.5. The molecule has 0 aromatic heterocycles. The van der Waals surface area contributed by atoms with E-state index >= 15 is 0 Å². The SMILES string of the molecule is CC(C)(C)C1=CC=C(c2cc(C(C)(C)C)cc(C(C)(C)C)c2)C(c2ccc(C(C)(C)C)cc2N(c2ccc3c(c2)C(C)(C)c2ccccc2-3)c2ccc3c(c2)C2(CC4CCC2C4)c2ccccc2-3)C1. The average molecular weight is 908 g/mol. The van der Waals surface area contributed by atoms with Crippen LogP contribution in [0.5, 0.6) is 0 Å². The molecule has 1 spiro atoms. The van der Waals surface area contributed by atoms with Crippen LogP contribution >= 0.6 is 0 Å². The molecule has 0 heterocycles. The van der Waals surface area contributed by atoms with Crippen LogP contribution in [0.4, 0.5) is 17.1 Å². The predicted molar refractivity (Wildman–Crippen MR) is 296 cm³/mol. The third-order valence-electron chi connectivity index (χ3n) is 17.9. The molecule has 0 radical (unpaired) electrons. The van der Waals surface area contributed by atoms with Gasteiger partial charge in [0.15, 0.2) is 0 Å². The van der Waals surface area contributed by atoms with Crippen molar-refractivity contribution < 1.29 is 0 Å². The molecule has 0 N–H and O–H groups in total. The van der Waals surface area contributed by atoms with Crippen molar-refractivity contribution in [1.29, 1.82) is 0 Å². The highest BCUT2D eigenvalue weighted by Gasteiger charge is 2.57. The topological polar surface area (TPSA) is 3.24 Å². The lowest BCUT2D eigenvalue weighted by Crippen LogP contribution is -2.32. The lowest BCUT2D eigenvalue weighted by atomic mass is 9.67. The quantitative estimate of drug-likeness (QED) is 0.167. The largest absolute Gasteiger partial charge is 0.310 e. The third-order valence-corrected chi connectivity index (χ3v) is 17.9. The normalized spacial score (nSPS) is 22.3. The molecule has 0 aliphatic heterocycles. The van der Waals surface area contributed by atoms with Crippen LogP contribution in [0.25, 0.3) is 27.8 Å². The van der Waals surface area contributed by atoms with Crippen LogP contribution in [0, 0.1) is 17.3 Å². The van der Waals surface area contributed by atoms with E-state index in [0.717, 1.165) is 12.3 Å². The molecule has 0 saturated heterocycles. The molecule has 69 heavy (non-hydrogen) atoms. The zero-order valence-corrected chi connectivity index (χ0v) is 44.4. The second kappa shape index (κ2) is 15.5. The Morgan fingerprint density at radius 2 is 1.06 bits per heavy atom. The average Bonchev–Trinajstić information content (AvgIpc) is 4.04. The monoisotopic (exact) mass is 908 g/mol. The van der Waals surface area contributed by atoms with E-state index in [9.17, 15) is 0 Å². The van der Waals surface area contributed by atoms with Gasteiger partial charge in [0.1, 0.15) is 0 Å². The molecule has 6 aromatic rings. The summed E-state index contributed by atoms with van der Waals surface area (Å²) >= 11 is 0. The first-order valence-corrected chi connectivity index (χ1v) is 26.5. The van der Waals surface area contributed by atoms with Gasteiger partial charge >= 0.3 is 0 Å². The zero-order chi connectivity index (χ0) is 48.8. The molecule has 5 aliphatic carbocycles. The maximum atomic E-state index is 2.72. The molecule has 5 aliphatic rings. The van der Waals surface area contributed by atoms with Gasteiger partial charge in [-0.15, -0.1) is 0 Å². The maximum absolute atomic E-state index is 2.72. The lowest BCUT2D eigenvalue weighted by molar-refractivity contribution is 0.327. The van der Waals surface area contributed by atoms with E-state index in [0.29, 0.717) is 5.92 Å². The van der Waals surface area contributed by atoms with Crippen molar-refractivity contribution in [3.63, 3.8) is 0 Å². The van der Waals surface area contributed by atoms with Crippen molar-refractivity contribution >= 4 is 22.6 Å². The molecule has 2 fully saturated rings. The number of hydrogen-bond acceptors (Lipinski definition) is 1. The summed E-state index contributed by atoms with van der Waals surface area (Å²) in [5, 5.41) is 0. The van der Waals surface area contributed by atoms with E-state index in [1.54, 1.807) is 11.1 Å². The smallest absolute Gasteiger partial charge is 0.0502 e. The van der Waals surface area contributed by atoms with Crippen LogP contribution in [0.2, 0.25) is 0 Å². The highest BCUT2D eigenvalue weighted by molar-refractivity contribution is 5.90. The first-order valence-electron chi connectivity index (χ1n) is 26.5. The summed E-state index contributed by atoms with van der Waals surface area (Å²) in [6.07, 6.45) is 11.3. The van der Waals surface area contributed by atoms with Crippen molar-refractivity contribution in [2.24, 2.45) is 17.3 Å². The van der Waals surface area contributed by atoms with Gasteiger partial charge in [-0.3, -0.25) is 0 Å². The van der Waals surface area contributed by atoms with Gasteiger partial charge in [0.05, 0.1) is 5.69 Å². The number of fused-ring (bicyclic) bond motifs is 11. The van der Waals surface area contributed by atoms with Crippen LogP contribution in [0.3, 0.4) is 0 Å². The number of anilines is 3. The fourth-order valence-electron chi connectivity index (χ4n) is 13.8. The van der Waals surface area contributed by atoms with Crippen LogP contribution in [0.15, 0.2) is 139 Å². The molecule has 1 nitrogen and oxygen atoms in total. The van der Waals surface area contributed by atoms with E-state index in [-0.39, 0.29) is 38.4 Å². The van der Waals surface area contributed by atoms with Crippen LogP contribution < -0.4 is 4.90 Å². The van der Waals surface area contributed by atoms with Crippen molar-refractivity contribution in [3.05, 3.63) is 189 Å². The Balaban J connectivity index is 1.18. The van der Waals surface area contributed by atoms with Gasteiger partial charge in [0.25, 0.3) is 0 Å². The highest BCUT2D eigenvalue weighted by atomic mass is 15.1. The van der Waals surface area contributed by atoms with Gasteiger partial charge in [-0.05, 0) is 167 Å². The summed E-state index contributed by atoms with van der Waals surface area (Å²) in [5.41, 5.74) is 25.1. The van der Waals surface area contributed by atoms with Gasteiger partial charge in [-0.1, -0.05) is 212 Å². The molecule has 0 amide bonds. The summed E-state index contributed by atoms with van der Waals surface area (Å²) in [6, 6.07) is 48.8. The first kappa shape index (κ1) is 46.0. The molecular formula is C68H77N. The van der Waals surface area contributed by atoms with Crippen molar-refractivity contribution in [2.75, 3.05) is 4.90 Å². The van der Waals surface area contributed by atoms with E-state index in [4.69, 9.17) is 0 Å². The molecule has 11 rings (SSSR count). The van der Waals surface area contributed by atoms with Gasteiger partial charge in [-0.2, -0.15) is 0 Å². The minimum atomic E-state index is -0.134. The van der Waals surface area contributed by atoms with Gasteiger partial charge < -0.3 is 4.90 Å². The molecule has 4 unspecified atom stereocenters. The Morgan fingerprint density at radius 3 is 1.64 bits per heavy atom. The fourth-order valence-corrected chi connectivity index (χ4v) is 13.8. The summed E-state index contributed by atoms with van der Waals surface area (Å²) < 4.78 is 0. The van der Waals surface area contributed by atoms with Crippen molar-refractivity contribution in [2.45, 2.75) is 162 Å². The number of nitrogens with zero attached hydrogens (tertiary/aromatic N) is 1. The second-order valence-corrected chi connectivity index (χ2v) is 26.7. The number of hydrogen-bond donors (Lipinski definition) is 0. The van der Waals surface area contributed by atoms with E-state index in [1.165, 1.54) is 115 Å². The standard InChI is InChI=1S/C68H77N/c1-63(2,3)44-25-29-51(43-34-47(65(7,8)9)36-48(35-43)66(10,11)12)57(37-44)56-30-26-45(64(4,5)6)38-62(56)69(49-27-31-54-52-19-15-17-21-58(52)67(13,14)60(54)39-49)50-28-32-55-53-20-16-18-22-59(53)68(61(55)40-50)41-42-23-24-46(68)33-42/h15-22,25-32,34-36,38-40,42,46,57H,23-24,33,37,41H2,1-14H3. The highest BCUT2D eigenvalue weighted by Crippen LogP contribution is 2.66. The number of allylic oxidation sites excluding steroid dienone is 4. The molecular weight excluding hydrogens is 831 g/mol. The van der Waals surface area contributed by atoms with Crippen LogP contribution in [-0.4, -0.2) is 0 Å². The molecule has 2 saturated carbocycles. The molecule has 4 atom stereocenters. The molecule has 2 bridgehead atoms. The van der Waals surface area contributed by atoms with Gasteiger partial charge in [-0.25, -0.2) is 0 Å². The minimum absolute atomic E-state index is 0.00781. The van der Waals surface area contributed by atoms with Gasteiger partial charge in [0.2, 0.25) is 0 Å². The minimum Gasteiger partial charge on any atom is -0.310 e. The van der Waals surface area contributed by atoms with E-state index in [2.05, 4.69) is 235 Å². The lowest BCUT2D eigenvalue weighted by Gasteiger charge is -2.38. The van der Waals surface area contributed by atoms with Crippen molar-refractivity contribution in [3.8, 4) is 22.3 Å². The van der Waals surface area contributed by atoms with Crippen molar-refractivity contribution in [1.82, 2.24) is 0 Å². The fraction of sp³-hybridized carbons (Fsp3) is 0.412. The van der Waals surface area contributed by atoms with Gasteiger partial charge in [0, 0.05) is 28.1 Å². The molecule has 6 aromatic carbocycles. The number of rotatable bonds is 5. The Labute approximate surface area is 416 Å². The Kier molecular flexibility index (Phi) is 10.4. The van der Waals surface area contributed by atoms with E-state index in [1.807, 2.05) is 0 Å². The molecule has 354 valence electrons. The summed E-state index contributed by atoms with van der Waals surface area (Å²) in [5.74, 6) is 1.62. The Hall–Kier alpha value is -5.40.